The van der Waals surface area contributed by atoms with E-state index in [1.54, 1.807) is 6.20 Å². The number of hydrogen-bond donors (Lipinski definition) is 2. The Morgan fingerprint density at radius 2 is 2.12 bits per heavy atom. The van der Waals surface area contributed by atoms with Crippen LogP contribution in [0.15, 0.2) is 23.1 Å². The molecule has 0 unspecified atom stereocenters. The highest BCUT2D eigenvalue weighted by Gasteiger charge is 2.05. The van der Waals surface area contributed by atoms with Gasteiger partial charge in [0.2, 0.25) is 0 Å². The molecular weight excluding hydrogens is 206 g/mol. The molecule has 0 spiro atoms. The van der Waals surface area contributed by atoms with Gasteiger partial charge in [-0.15, -0.1) is 0 Å². The summed E-state index contributed by atoms with van der Waals surface area (Å²) in [5.74, 6) is 2.37. The molecule has 0 aliphatic rings. The first-order chi connectivity index (χ1) is 7.81. The zero-order chi connectivity index (χ0) is 11.4. The molecule has 0 saturated carbocycles. The van der Waals surface area contributed by atoms with Crippen LogP contribution in [0.4, 0.5) is 11.6 Å². The van der Waals surface area contributed by atoms with Crippen molar-refractivity contribution in [2.75, 3.05) is 17.7 Å². The van der Waals surface area contributed by atoms with Crippen LogP contribution < -0.4 is 10.6 Å². The summed E-state index contributed by atoms with van der Waals surface area (Å²) in [6, 6.07) is 1.81. The number of nitrogens with zero attached hydrogens (tertiary/aromatic N) is 3. The molecule has 0 amide bonds. The molecule has 16 heavy (non-hydrogen) atoms. The molecule has 2 rings (SSSR count). The number of rotatable bonds is 4. The van der Waals surface area contributed by atoms with Gasteiger partial charge in [-0.2, -0.15) is 0 Å². The first kappa shape index (κ1) is 10.4. The van der Waals surface area contributed by atoms with Gasteiger partial charge in [0.1, 0.15) is 18.0 Å². The summed E-state index contributed by atoms with van der Waals surface area (Å²) in [5.41, 5.74) is 0.976. The zero-order valence-electron chi connectivity index (χ0n) is 9.19. The van der Waals surface area contributed by atoms with E-state index in [1.165, 1.54) is 6.33 Å². The fourth-order valence-corrected chi connectivity index (χ4v) is 1.38. The number of aromatic nitrogens is 3. The normalized spacial score (nSPS) is 10.1. The lowest BCUT2D eigenvalue weighted by atomic mass is 10.3. The first-order valence-electron chi connectivity index (χ1n) is 4.94. The minimum atomic E-state index is 0.557. The quantitative estimate of drug-likeness (QED) is 0.810. The molecule has 2 heterocycles. The molecule has 0 fully saturated rings. The van der Waals surface area contributed by atoms with Crippen LogP contribution in [0.25, 0.3) is 0 Å². The second kappa shape index (κ2) is 4.61. The van der Waals surface area contributed by atoms with Crippen molar-refractivity contribution < 1.29 is 4.52 Å². The van der Waals surface area contributed by atoms with E-state index in [4.69, 9.17) is 4.52 Å². The maximum absolute atomic E-state index is 4.98. The van der Waals surface area contributed by atoms with Gasteiger partial charge < -0.3 is 15.2 Å². The summed E-state index contributed by atoms with van der Waals surface area (Å²) >= 11 is 0. The van der Waals surface area contributed by atoms with E-state index in [9.17, 15) is 0 Å². The molecule has 0 aliphatic heterocycles. The van der Waals surface area contributed by atoms with Crippen molar-refractivity contribution >= 4 is 11.6 Å². The van der Waals surface area contributed by atoms with Crippen LogP contribution in [0.3, 0.4) is 0 Å². The molecule has 0 bridgehead atoms. The lowest BCUT2D eigenvalue weighted by Gasteiger charge is -2.09. The van der Waals surface area contributed by atoms with Gasteiger partial charge in [0.15, 0.2) is 5.76 Å². The Labute approximate surface area is 93.1 Å². The standard InChI is InChI=1S/C10H13N5O/c1-7-9(11-2)13-6-14-10(7)12-5-8-3-4-15-16-8/h3-4,6H,5H2,1-2H3,(H2,11,12,13,14). The van der Waals surface area contributed by atoms with E-state index in [1.807, 2.05) is 20.0 Å². The highest BCUT2D eigenvalue weighted by molar-refractivity contribution is 5.55. The van der Waals surface area contributed by atoms with Crippen molar-refractivity contribution in [2.45, 2.75) is 13.5 Å². The van der Waals surface area contributed by atoms with Gasteiger partial charge in [0, 0.05) is 18.7 Å². The molecule has 84 valence electrons. The second-order valence-corrected chi connectivity index (χ2v) is 3.28. The van der Waals surface area contributed by atoms with E-state index in [0.29, 0.717) is 6.54 Å². The smallest absolute Gasteiger partial charge is 0.155 e. The van der Waals surface area contributed by atoms with Crippen molar-refractivity contribution in [3.05, 3.63) is 29.9 Å². The lowest BCUT2D eigenvalue weighted by Crippen LogP contribution is -2.05. The van der Waals surface area contributed by atoms with E-state index in [-0.39, 0.29) is 0 Å². The Kier molecular flexibility index (Phi) is 3.00. The Morgan fingerprint density at radius 3 is 2.81 bits per heavy atom. The van der Waals surface area contributed by atoms with Gasteiger partial charge in [-0.25, -0.2) is 9.97 Å². The topological polar surface area (TPSA) is 75.9 Å². The average Bonchev–Trinajstić information content (AvgIpc) is 2.81. The summed E-state index contributed by atoms with van der Waals surface area (Å²) in [7, 11) is 1.83. The Hall–Kier alpha value is -2.11. The van der Waals surface area contributed by atoms with E-state index in [2.05, 4.69) is 25.8 Å². The van der Waals surface area contributed by atoms with Crippen molar-refractivity contribution in [1.29, 1.82) is 0 Å². The van der Waals surface area contributed by atoms with Crippen molar-refractivity contribution in [3.63, 3.8) is 0 Å². The van der Waals surface area contributed by atoms with Gasteiger partial charge in [-0.3, -0.25) is 0 Å². The maximum Gasteiger partial charge on any atom is 0.155 e. The van der Waals surface area contributed by atoms with Crippen LogP contribution in [0, 0.1) is 6.92 Å². The van der Waals surface area contributed by atoms with Crippen LogP contribution in [0.5, 0.6) is 0 Å². The third-order valence-corrected chi connectivity index (χ3v) is 2.24. The molecule has 2 aromatic rings. The molecule has 0 atom stereocenters. The largest absolute Gasteiger partial charge is 0.373 e. The highest BCUT2D eigenvalue weighted by atomic mass is 16.5. The summed E-state index contributed by atoms with van der Waals surface area (Å²) in [5, 5.41) is 9.80. The summed E-state index contributed by atoms with van der Waals surface area (Å²) in [6.45, 7) is 2.51. The number of anilines is 2. The molecule has 0 aromatic carbocycles. The minimum Gasteiger partial charge on any atom is -0.373 e. The Morgan fingerprint density at radius 1 is 1.31 bits per heavy atom. The number of hydrogen-bond acceptors (Lipinski definition) is 6. The van der Waals surface area contributed by atoms with Crippen LogP contribution in [-0.2, 0) is 6.54 Å². The summed E-state index contributed by atoms with van der Waals surface area (Å²) in [4.78, 5) is 8.27. The van der Waals surface area contributed by atoms with E-state index >= 15 is 0 Å². The monoisotopic (exact) mass is 219 g/mol. The van der Waals surface area contributed by atoms with E-state index < -0.39 is 0 Å². The van der Waals surface area contributed by atoms with Crippen LogP contribution in [0.2, 0.25) is 0 Å². The predicted molar refractivity (Wildman–Crippen MR) is 60.1 cm³/mol. The van der Waals surface area contributed by atoms with Crippen molar-refractivity contribution in [1.82, 2.24) is 15.1 Å². The first-order valence-corrected chi connectivity index (χ1v) is 4.94. The maximum atomic E-state index is 4.98. The van der Waals surface area contributed by atoms with Gasteiger partial charge in [0.05, 0.1) is 12.7 Å². The van der Waals surface area contributed by atoms with E-state index in [0.717, 1.165) is 23.0 Å². The van der Waals surface area contributed by atoms with Gasteiger partial charge in [-0.05, 0) is 6.92 Å². The highest BCUT2D eigenvalue weighted by Crippen LogP contribution is 2.17. The van der Waals surface area contributed by atoms with Gasteiger partial charge >= 0.3 is 0 Å². The Balaban J connectivity index is 2.09. The Bertz CT molecular complexity index is 454. The zero-order valence-corrected chi connectivity index (χ0v) is 9.19. The summed E-state index contributed by atoms with van der Waals surface area (Å²) in [6.07, 6.45) is 3.13. The molecule has 2 N–H and O–H groups in total. The molecule has 0 radical (unpaired) electrons. The van der Waals surface area contributed by atoms with Gasteiger partial charge in [-0.1, -0.05) is 5.16 Å². The lowest BCUT2D eigenvalue weighted by molar-refractivity contribution is 0.388. The third kappa shape index (κ3) is 2.10. The fraction of sp³-hybridized carbons (Fsp3) is 0.300. The van der Waals surface area contributed by atoms with Crippen molar-refractivity contribution in [2.24, 2.45) is 0 Å². The molecule has 0 aliphatic carbocycles. The molecule has 6 heteroatoms. The second-order valence-electron chi connectivity index (χ2n) is 3.28. The minimum absolute atomic E-state index is 0.557. The van der Waals surface area contributed by atoms with Gasteiger partial charge in [0.25, 0.3) is 0 Å². The predicted octanol–water partition coefficient (Wildman–Crippen LogP) is 1.43. The molecule has 6 nitrogen and oxygen atoms in total. The van der Waals surface area contributed by atoms with Crippen LogP contribution in [0.1, 0.15) is 11.3 Å². The van der Waals surface area contributed by atoms with Crippen LogP contribution >= 0.6 is 0 Å². The SMILES string of the molecule is CNc1ncnc(NCc2ccno2)c1C. The number of nitrogens with one attached hydrogen (secondary N) is 2. The van der Waals surface area contributed by atoms with Crippen LogP contribution in [-0.4, -0.2) is 22.2 Å². The van der Waals surface area contributed by atoms with Crippen molar-refractivity contribution in [3.8, 4) is 0 Å². The molecule has 0 saturated heterocycles. The third-order valence-electron chi connectivity index (χ3n) is 2.24. The fourth-order valence-electron chi connectivity index (χ4n) is 1.38. The summed E-state index contributed by atoms with van der Waals surface area (Å²) < 4.78 is 4.98. The molecular formula is C10H13N5O. The molecule has 2 aromatic heterocycles. The average molecular weight is 219 g/mol.